The molecule has 3 nitrogen and oxygen atoms in total. The highest BCUT2D eigenvalue weighted by atomic mass is 19.1. The predicted octanol–water partition coefficient (Wildman–Crippen LogP) is 3.74. The number of ether oxygens (including phenoxy) is 2. The van der Waals surface area contributed by atoms with Gasteiger partial charge in [0.05, 0.1) is 7.11 Å². The molecule has 21 heavy (non-hydrogen) atoms. The van der Waals surface area contributed by atoms with E-state index < -0.39 is 0 Å². The van der Waals surface area contributed by atoms with E-state index in [0.29, 0.717) is 17.9 Å². The Balaban J connectivity index is 2.22. The smallest absolute Gasteiger partial charge is 0.125 e. The van der Waals surface area contributed by atoms with Crippen LogP contribution in [0.25, 0.3) is 0 Å². The summed E-state index contributed by atoms with van der Waals surface area (Å²) in [6, 6.07) is 9.99. The first-order chi connectivity index (χ1) is 10.0. The van der Waals surface area contributed by atoms with Gasteiger partial charge in [-0.15, -0.1) is 0 Å². The minimum absolute atomic E-state index is 0.296. The molecule has 0 amide bonds. The third-order valence-corrected chi connectivity index (χ3v) is 3.28. The SMILES string of the molecule is COc1ccc(C)cc1COc1ccc(F)cc1C(C)N. The Hall–Kier alpha value is -2.07. The topological polar surface area (TPSA) is 44.5 Å². The average Bonchev–Trinajstić information content (AvgIpc) is 2.46. The van der Waals surface area contributed by atoms with Crippen LogP contribution in [0.1, 0.15) is 29.7 Å². The lowest BCUT2D eigenvalue weighted by Crippen LogP contribution is -2.09. The fraction of sp³-hybridized carbons (Fsp3) is 0.294. The van der Waals surface area contributed by atoms with Crippen molar-refractivity contribution in [2.24, 2.45) is 5.73 Å². The maximum absolute atomic E-state index is 13.3. The van der Waals surface area contributed by atoms with E-state index in [4.69, 9.17) is 15.2 Å². The summed E-state index contributed by atoms with van der Waals surface area (Å²) in [5, 5.41) is 0. The summed E-state index contributed by atoms with van der Waals surface area (Å²) in [7, 11) is 1.62. The van der Waals surface area contributed by atoms with Crippen molar-refractivity contribution in [1.82, 2.24) is 0 Å². The molecule has 0 aliphatic heterocycles. The first kappa shape index (κ1) is 15.3. The van der Waals surface area contributed by atoms with Crippen LogP contribution in [-0.2, 0) is 6.61 Å². The van der Waals surface area contributed by atoms with Gasteiger partial charge in [0, 0.05) is 17.2 Å². The molecule has 0 saturated carbocycles. The van der Waals surface area contributed by atoms with Crippen LogP contribution in [0, 0.1) is 12.7 Å². The van der Waals surface area contributed by atoms with E-state index in [1.54, 1.807) is 20.1 Å². The van der Waals surface area contributed by atoms with Gasteiger partial charge < -0.3 is 15.2 Å². The summed E-state index contributed by atoms with van der Waals surface area (Å²) in [5.41, 5.74) is 8.58. The third kappa shape index (κ3) is 3.73. The minimum atomic E-state index is -0.317. The maximum atomic E-state index is 13.3. The molecule has 0 aliphatic carbocycles. The molecule has 0 fully saturated rings. The molecule has 2 aromatic rings. The molecule has 0 radical (unpaired) electrons. The van der Waals surface area contributed by atoms with Crippen LogP contribution in [0.15, 0.2) is 36.4 Å². The molecule has 0 aliphatic rings. The molecule has 2 aromatic carbocycles. The predicted molar refractivity (Wildman–Crippen MR) is 81.1 cm³/mol. The highest BCUT2D eigenvalue weighted by Crippen LogP contribution is 2.27. The molecule has 0 bridgehead atoms. The van der Waals surface area contributed by atoms with Gasteiger partial charge in [0.25, 0.3) is 0 Å². The van der Waals surface area contributed by atoms with Crippen molar-refractivity contribution in [3.8, 4) is 11.5 Å². The van der Waals surface area contributed by atoms with Gasteiger partial charge in [0.1, 0.15) is 23.9 Å². The van der Waals surface area contributed by atoms with E-state index in [-0.39, 0.29) is 11.9 Å². The van der Waals surface area contributed by atoms with E-state index in [1.807, 2.05) is 25.1 Å². The van der Waals surface area contributed by atoms with Gasteiger partial charge in [-0.05, 0) is 44.2 Å². The number of hydrogen-bond donors (Lipinski definition) is 1. The fourth-order valence-corrected chi connectivity index (χ4v) is 2.18. The monoisotopic (exact) mass is 289 g/mol. The second-order valence-electron chi connectivity index (χ2n) is 5.07. The van der Waals surface area contributed by atoms with Crippen LogP contribution < -0.4 is 15.2 Å². The van der Waals surface area contributed by atoms with E-state index in [2.05, 4.69) is 0 Å². The molecule has 0 aromatic heterocycles. The van der Waals surface area contributed by atoms with Gasteiger partial charge in [-0.3, -0.25) is 0 Å². The normalized spacial score (nSPS) is 12.0. The van der Waals surface area contributed by atoms with E-state index in [1.165, 1.54) is 12.1 Å². The fourth-order valence-electron chi connectivity index (χ4n) is 2.18. The molecular formula is C17H20FNO2. The van der Waals surface area contributed by atoms with Crippen molar-refractivity contribution in [2.75, 3.05) is 7.11 Å². The Morgan fingerprint density at radius 2 is 1.86 bits per heavy atom. The molecule has 4 heteroatoms. The Bertz CT molecular complexity index is 626. The lowest BCUT2D eigenvalue weighted by Gasteiger charge is -2.15. The van der Waals surface area contributed by atoms with Crippen LogP contribution in [-0.4, -0.2) is 7.11 Å². The van der Waals surface area contributed by atoms with Crippen molar-refractivity contribution < 1.29 is 13.9 Å². The molecule has 0 heterocycles. The van der Waals surface area contributed by atoms with Gasteiger partial charge in [-0.25, -0.2) is 4.39 Å². The second kappa shape index (κ2) is 6.59. The lowest BCUT2D eigenvalue weighted by molar-refractivity contribution is 0.292. The minimum Gasteiger partial charge on any atom is -0.496 e. The molecule has 112 valence electrons. The summed E-state index contributed by atoms with van der Waals surface area (Å²) >= 11 is 0. The molecule has 1 atom stereocenters. The van der Waals surface area contributed by atoms with Gasteiger partial charge in [-0.1, -0.05) is 11.6 Å². The van der Waals surface area contributed by atoms with Crippen LogP contribution in [0.2, 0.25) is 0 Å². The number of rotatable bonds is 5. The molecule has 1 unspecified atom stereocenters. The van der Waals surface area contributed by atoms with Crippen LogP contribution >= 0.6 is 0 Å². The summed E-state index contributed by atoms with van der Waals surface area (Å²) in [6.45, 7) is 4.15. The standard InChI is InChI=1S/C17H20FNO2/c1-11-4-6-16(20-3)13(8-11)10-21-17-7-5-14(18)9-15(17)12(2)19/h4-9,12H,10,19H2,1-3H3. The number of aryl methyl sites for hydroxylation is 1. The van der Waals surface area contributed by atoms with E-state index >= 15 is 0 Å². The first-order valence-electron chi connectivity index (χ1n) is 6.82. The summed E-state index contributed by atoms with van der Waals surface area (Å²) in [4.78, 5) is 0. The Morgan fingerprint density at radius 3 is 2.52 bits per heavy atom. The molecule has 0 spiro atoms. The maximum Gasteiger partial charge on any atom is 0.125 e. The molecule has 2 rings (SSSR count). The van der Waals surface area contributed by atoms with Crippen LogP contribution in [0.3, 0.4) is 0 Å². The second-order valence-corrected chi connectivity index (χ2v) is 5.07. The van der Waals surface area contributed by atoms with E-state index in [9.17, 15) is 4.39 Å². The van der Waals surface area contributed by atoms with Crippen molar-refractivity contribution in [2.45, 2.75) is 26.5 Å². The third-order valence-electron chi connectivity index (χ3n) is 3.28. The number of hydrogen-bond acceptors (Lipinski definition) is 3. The number of benzene rings is 2. The summed E-state index contributed by atoms with van der Waals surface area (Å²) < 4.78 is 24.4. The quantitative estimate of drug-likeness (QED) is 0.912. The number of nitrogens with two attached hydrogens (primary N) is 1. The zero-order valence-corrected chi connectivity index (χ0v) is 12.5. The average molecular weight is 289 g/mol. The van der Waals surface area contributed by atoms with Gasteiger partial charge in [0.15, 0.2) is 0 Å². The van der Waals surface area contributed by atoms with E-state index in [0.717, 1.165) is 16.9 Å². The summed E-state index contributed by atoms with van der Waals surface area (Å²) in [5.74, 6) is 1.04. The van der Waals surface area contributed by atoms with Crippen molar-refractivity contribution in [3.05, 3.63) is 58.9 Å². The van der Waals surface area contributed by atoms with Crippen molar-refractivity contribution >= 4 is 0 Å². The molecule has 0 saturated heterocycles. The number of halogens is 1. The Labute approximate surface area is 124 Å². The van der Waals surface area contributed by atoms with Gasteiger partial charge >= 0.3 is 0 Å². The Kier molecular flexibility index (Phi) is 4.81. The zero-order valence-electron chi connectivity index (χ0n) is 12.5. The highest BCUT2D eigenvalue weighted by Gasteiger charge is 2.11. The van der Waals surface area contributed by atoms with Crippen LogP contribution in [0.4, 0.5) is 4.39 Å². The van der Waals surface area contributed by atoms with Gasteiger partial charge in [-0.2, -0.15) is 0 Å². The number of methoxy groups -OCH3 is 1. The van der Waals surface area contributed by atoms with Gasteiger partial charge in [0.2, 0.25) is 0 Å². The highest BCUT2D eigenvalue weighted by molar-refractivity contribution is 5.39. The van der Waals surface area contributed by atoms with Crippen LogP contribution in [0.5, 0.6) is 11.5 Å². The largest absolute Gasteiger partial charge is 0.496 e. The van der Waals surface area contributed by atoms with Crippen molar-refractivity contribution in [1.29, 1.82) is 0 Å². The first-order valence-corrected chi connectivity index (χ1v) is 6.82. The Morgan fingerprint density at radius 1 is 1.14 bits per heavy atom. The lowest BCUT2D eigenvalue weighted by atomic mass is 10.1. The zero-order chi connectivity index (χ0) is 15.4. The molecule has 2 N–H and O–H groups in total. The summed E-state index contributed by atoms with van der Waals surface area (Å²) in [6.07, 6.45) is 0. The molecular weight excluding hydrogens is 269 g/mol. The van der Waals surface area contributed by atoms with Crippen molar-refractivity contribution in [3.63, 3.8) is 0 Å².